The van der Waals surface area contributed by atoms with Crippen LogP contribution in [0.15, 0.2) is 41.8 Å². The fourth-order valence-corrected chi connectivity index (χ4v) is 3.64. The van der Waals surface area contributed by atoms with Crippen LogP contribution in [0.25, 0.3) is 5.69 Å². The number of hydrogen-bond acceptors (Lipinski definition) is 3. The highest BCUT2D eigenvalue weighted by molar-refractivity contribution is 7.99. The minimum atomic E-state index is -0.232. The van der Waals surface area contributed by atoms with Crippen LogP contribution in [0.5, 0.6) is 0 Å². The number of benzene rings is 1. The first-order valence-electron chi connectivity index (χ1n) is 8.29. The van der Waals surface area contributed by atoms with Crippen molar-refractivity contribution in [1.82, 2.24) is 19.3 Å². The summed E-state index contributed by atoms with van der Waals surface area (Å²) in [6.45, 7) is 5.99. The van der Waals surface area contributed by atoms with Gasteiger partial charge in [0.25, 0.3) is 0 Å². The monoisotopic (exact) mass is 360 g/mol. The Labute approximate surface area is 151 Å². The van der Waals surface area contributed by atoms with Crippen molar-refractivity contribution in [3.63, 3.8) is 0 Å². The Kier molecular flexibility index (Phi) is 5.55. The van der Waals surface area contributed by atoms with E-state index in [4.69, 9.17) is 0 Å². The van der Waals surface area contributed by atoms with Gasteiger partial charge in [-0.3, -0.25) is 0 Å². The number of aryl methyl sites for hydroxylation is 2. The van der Waals surface area contributed by atoms with Crippen LogP contribution in [0.2, 0.25) is 0 Å². The molecular weight excluding hydrogens is 337 g/mol. The van der Waals surface area contributed by atoms with E-state index in [0.717, 1.165) is 41.1 Å². The summed E-state index contributed by atoms with van der Waals surface area (Å²) in [4.78, 5) is 4.31. The molecule has 2 N–H and O–H groups in total. The molecule has 2 heterocycles. The molecule has 0 aliphatic rings. The van der Waals surface area contributed by atoms with Gasteiger partial charge in [0.1, 0.15) is 12.4 Å². The molecule has 7 heteroatoms. The second-order valence-corrected chi connectivity index (χ2v) is 7.05. The van der Waals surface area contributed by atoms with E-state index in [-0.39, 0.29) is 5.82 Å². The van der Waals surface area contributed by atoms with Crippen molar-refractivity contribution in [2.45, 2.75) is 25.5 Å². The summed E-state index contributed by atoms with van der Waals surface area (Å²) in [5, 5.41) is 7.96. The van der Waals surface area contributed by atoms with E-state index in [1.807, 2.05) is 35.6 Å². The molecule has 132 valence electrons. The van der Waals surface area contributed by atoms with Crippen molar-refractivity contribution in [1.29, 1.82) is 0 Å². The van der Waals surface area contributed by atoms with E-state index < -0.39 is 0 Å². The van der Waals surface area contributed by atoms with Gasteiger partial charge in [0, 0.05) is 19.4 Å². The number of imidazole rings is 1. The number of hydrogen-bond donors (Lipinski definition) is 1. The predicted octanol–water partition coefficient (Wildman–Crippen LogP) is 2.22. The highest BCUT2D eigenvalue weighted by Crippen LogP contribution is 2.17. The van der Waals surface area contributed by atoms with E-state index in [1.54, 1.807) is 23.9 Å². The third-order valence-corrected chi connectivity index (χ3v) is 5.28. The number of rotatable bonds is 7. The van der Waals surface area contributed by atoms with Gasteiger partial charge in [-0.2, -0.15) is 5.10 Å². The van der Waals surface area contributed by atoms with Crippen molar-refractivity contribution >= 4 is 11.8 Å². The van der Waals surface area contributed by atoms with E-state index in [2.05, 4.69) is 22.3 Å². The molecule has 5 nitrogen and oxygen atoms in total. The highest BCUT2D eigenvalue weighted by atomic mass is 32.2. The maximum Gasteiger partial charge on any atom is 0.167 e. The minimum Gasteiger partial charge on any atom is -0.342 e. The third kappa shape index (κ3) is 4.11. The lowest BCUT2D eigenvalue weighted by Crippen LogP contribution is -2.83. The molecule has 2 aromatic heterocycles. The summed E-state index contributed by atoms with van der Waals surface area (Å²) in [5.74, 6) is 0.777. The zero-order valence-corrected chi connectivity index (χ0v) is 15.6. The van der Waals surface area contributed by atoms with Gasteiger partial charge in [-0.25, -0.2) is 14.1 Å². The van der Waals surface area contributed by atoms with Crippen molar-refractivity contribution in [2.75, 3.05) is 12.3 Å². The van der Waals surface area contributed by atoms with Crippen LogP contribution >= 0.6 is 11.8 Å². The molecule has 0 unspecified atom stereocenters. The van der Waals surface area contributed by atoms with Gasteiger partial charge in [-0.05, 0) is 38.1 Å². The standard InChI is InChI=1S/C18H22FN5S/c1-13-17(12-20-9-11-25-18-21-8-10-23(18)3)14(2)24(22-13)16-6-4-15(19)5-7-16/h4-8,10,20H,9,11-12H2,1-3H3/p+1. The van der Waals surface area contributed by atoms with Gasteiger partial charge < -0.3 is 9.88 Å². The lowest BCUT2D eigenvalue weighted by atomic mass is 10.2. The topological polar surface area (TPSA) is 52.2 Å². The van der Waals surface area contributed by atoms with E-state index in [1.165, 1.54) is 17.7 Å². The van der Waals surface area contributed by atoms with Crippen LogP contribution in [0, 0.1) is 19.7 Å². The third-order valence-electron chi connectivity index (χ3n) is 4.19. The number of halogens is 1. The van der Waals surface area contributed by atoms with Gasteiger partial charge in [0.05, 0.1) is 34.9 Å². The number of thioether (sulfide) groups is 1. The SMILES string of the molecule is Cc1nn(-c2ccc(F)cc2)c(C)c1C[NH2+]CCSc1nccn1C. The zero-order valence-electron chi connectivity index (χ0n) is 14.7. The molecule has 25 heavy (non-hydrogen) atoms. The van der Waals surface area contributed by atoms with Crippen LogP contribution < -0.4 is 5.32 Å². The summed E-state index contributed by atoms with van der Waals surface area (Å²) < 4.78 is 17.0. The Hall–Kier alpha value is -2.12. The van der Waals surface area contributed by atoms with Crippen LogP contribution in [0.1, 0.15) is 17.0 Å². The van der Waals surface area contributed by atoms with Crippen molar-refractivity contribution < 1.29 is 9.71 Å². The molecule has 0 atom stereocenters. The summed E-state index contributed by atoms with van der Waals surface area (Å²) in [7, 11) is 2.01. The molecule has 0 spiro atoms. The molecule has 0 bridgehead atoms. The molecule has 1 aromatic carbocycles. The van der Waals surface area contributed by atoms with E-state index in [9.17, 15) is 4.39 Å². The number of nitrogens with two attached hydrogens (primary N) is 1. The lowest BCUT2D eigenvalue weighted by Gasteiger charge is -2.05. The summed E-state index contributed by atoms with van der Waals surface area (Å²) in [6, 6.07) is 6.44. The predicted molar refractivity (Wildman–Crippen MR) is 97.4 cm³/mol. The van der Waals surface area contributed by atoms with Crippen molar-refractivity contribution in [3.05, 3.63) is 59.4 Å². The maximum absolute atomic E-state index is 13.1. The molecule has 0 radical (unpaired) electrons. The first-order valence-corrected chi connectivity index (χ1v) is 9.27. The first-order chi connectivity index (χ1) is 12.1. The average molecular weight is 360 g/mol. The second-order valence-electron chi connectivity index (χ2n) is 5.99. The van der Waals surface area contributed by atoms with Gasteiger partial charge in [-0.15, -0.1) is 0 Å². The molecule has 0 saturated carbocycles. The Balaban J connectivity index is 1.57. The average Bonchev–Trinajstić information content (AvgIpc) is 3.12. The van der Waals surface area contributed by atoms with Gasteiger partial charge in [0.15, 0.2) is 5.16 Å². The smallest absolute Gasteiger partial charge is 0.167 e. The number of aromatic nitrogens is 4. The van der Waals surface area contributed by atoms with Crippen molar-refractivity contribution in [2.24, 2.45) is 7.05 Å². The Morgan fingerprint density at radius 3 is 2.64 bits per heavy atom. The first kappa shape index (κ1) is 17.7. The summed E-state index contributed by atoms with van der Waals surface area (Å²) in [5.41, 5.74) is 4.26. The second kappa shape index (κ2) is 7.84. The molecule has 0 aliphatic carbocycles. The molecule has 0 saturated heterocycles. The Bertz CT molecular complexity index is 838. The van der Waals surface area contributed by atoms with Crippen LogP contribution in [0.3, 0.4) is 0 Å². The molecule has 3 aromatic rings. The molecule has 0 fully saturated rings. The summed E-state index contributed by atoms with van der Waals surface area (Å²) in [6.07, 6.45) is 3.78. The van der Waals surface area contributed by atoms with Crippen molar-refractivity contribution in [3.8, 4) is 5.69 Å². The highest BCUT2D eigenvalue weighted by Gasteiger charge is 2.14. The van der Waals surface area contributed by atoms with E-state index >= 15 is 0 Å². The van der Waals surface area contributed by atoms with Gasteiger partial charge >= 0.3 is 0 Å². The molecular formula is C18H23FN5S+. The molecule has 3 rings (SSSR count). The maximum atomic E-state index is 13.1. The van der Waals surface area contributed by atoms with Crippen LogP contribution in [-0.4, -0.2) is 31.6 Å². The lowest BCUT2D eigenvalue weighted by molar-refractivity contribution is -0.666. The largest absolute Gasteiger partial charge is 0.342 e. The quantitative estimate of drug-likeness (QED) is 0.519. The number of quaternary nitrogens is 1. The van der Waals surface area contributed by atoms with Gasteiger partial charge in [-0.1, -0.05) is 11.8 Å². The Morgan fingerprint density at radius 2 is 1.96 bits per heavy atom. The zero-order chi connectivity index (χ0) is 17.8. The van der Waals surface area contributed by atoms with Crippen LogP contribution in [-0.2, 0) is 13.6 Å². The normalized spacial score (nSPS) is 11.2. The Morgan fingerprint density at radius 1 is 1.20 bits per heavy atom. The van der Waals surface area contributed by atoms with E-state index in [0.29, 0.717) is 0 Å². The minimum absolute atomic E-state index is 0.232. The molecule has 0 amide bonds. The molecule has 0 aliphatic heterocycles. The summed E-state index contributed by atoms with van der Waals surface area (Å²) >= 11 is 1.76. The van der Waals surface area contributed by atoms with Gasteiger partial charge in [0.2, 0.25) is 0 Å². The number of nitrogens with zero attached hydrogens (tertiary/aromatic N) is 4. The van der Waals surface area contributed by atoms with Crippen LogP contribution in [0.4, 0.5) is 4.39 Å². The fraction of sp³-hybridized carbons (Fsp3) is 0.333. The fourth-order valence-electron chi connectivity index (χ4n) is 2.78.